The molecule has 0 unspecified atom stereocenters. The fourth-order valence-electron chi connectivity index (χ4n) is 4.86. The molecule has 3 rings (SSSR count). The van der Waals surface area contributed by atoms with Gasteiger partial charge in [0, 0.05) is 3.57 Å². The molecule has 0 heterocycles. The van der Waals surface area contributed by atoms with Gasteiger partial charge in [0.1, 0.15) is 0 Å². The third kappa shape index (κ3) is 4.83. The monoisotopic (exact) mass is 538 g/mol. The normalized spacial score (nSPS) is 11.9. The second-order valence-corrected chi connectivity index (χ2v) is 11.5. The van der Waals surface area contributed by atoms with E-state index >= 15 is 0 Å². The molecule has 0 saturated carbocycles. The van der Waals surface area contributed by atoms with Crippen molar-refractivity contribution in [3.8, 4) is 22.3 Å². The molecular weight excluding hydrogens is 499 g/mol. The minimum absolute atomic E-state index is 0.484. The molecule has 32 heavy (non-hydrogen) atoms. The Labute approximate surface area is 210 Å². The van der Waals surface area contributed by atoms with Gasteiger partial charge in [-0.2, -0.15) is 0 Å². The lowest BCUT2D eigenvalue weighted by atomic mass is 9.81. The maximum absolute atomic E-state index is 2.62. The van der Waals surface area contributed by atoms with Gasteiger partial charge in [0.25, 0.3) is 0 Å². The summed E-state index contributed by atoms with van der Waals surface area (Å²) in [5.41, 5.74) is 12.8. The van der Waals surface area contributed by atoms with Crippen LogP contribution in [0.5, 0.6) is 0 Å². The minimum Gasteiger partial charge on any atom is -0.0617 e. The number of hydrogen-bond donors (Lipinski definition) is 0. The number of halogens is 1. The van der Waals surface area contributed by atoms with Gasteiger partial charge in [0.05, 0.1) is 0 Å². The van der Waals surface area contributed by atoms with Crippen molar-refractivity contribution in [1.29, 1.82) is 0 Å². The standard InChI is InChI=1S/C31H39I/c1-18(2)23-12-10-13-24(19(3)4)29(23)27-16-22(9)17-28(31(27)32)30-25(20(5)6)14-11-15-26(30)21(7)8/h10-21H,1-9H3. The quantitative estimate of drug-likeness (QED) is 0.274. The molecule has 0 atom stereocenters. The Morgan fingerprint density at radius 1 is 0.531 bits per heavy atom. The van der Waals surface area contributed by atoms with Crippen LogP contribution in [0.3, 0.4) is 0 Å². The molecule has 0 N–H and O–H groups in total. The van der Waals surface area contributed by atoms with Crippen molar-refractivity contribution in [3.63, 3.8) is 0 Å². The SMILES string of the molecule is Cc1cc(-c2c(C(C)C)cccc2C(C)C)c(I)c(-c2c(C(C)C)cccc2C(C)C)c1. The fourth-order valence-corrected chi connectivity index (χ4v) is 5.71. The van der Waals surface area contributed by atoms with E-state index in [9.17, 15) is 0 Å². The zero-order valence-electron chi connectivity index (χ0n) is 21.3. The van der Waals surface area contributed by atoms with Gasteiger partial charge in [-0.15, -0.1) is 0 Å². The van der Waals surface area contributed by atoms with Crippen LogP contribution < -0.4 is 0 Å². The van der Waals surface area contributed by atoms with Gasteiger partial charge in [0.15, 0.2) is 0 Å². The largest absolute Gasteiger partial charge is 0.0617 e. The number of aryl methyl sites for hydroxylation is 1. The smallest absolute Gasteiger partial charge is 0.0287 e. The highest BCUT2D eigenvalue weighted by molar-refractivity contribution is 14.1. The predicted molar refractivity (Wildman–Crippen MR) is 151 cm³/mol. The summed E-state index contributed by atoms with van der Waals surface area (Å²) >= 11 is 2.62. The van der Waals surface area contributed by atoms with Crippen molar-refractivity contribution in [3.05, 3.63) is 79.9 Å². The zero-order valence-corrected chi connectivity index (χ0v) is 23.5. The maximum Gasteiger partial charge on any atom is 0.0287 e. The third-order valence-electron chi connectivity index (χ3n) is 6.50. The van der Waals surface area contributed by atoms with Crippen LogP contribution >= 0.6 is 22.6 Å². The second-order valence-electron chi connectivity index (χ2n) is 10.4. The summed E-state index contributed by atoms with van der Waals surface area (Å²) in [6, 6.07) is 18.6. The highest BCUT2D eigenvalue weighted by Crippen LogP contribution is 2.44. The molecule has 0 saturated heterocycles. The number of hydrogen-bond acceptors (Lipinski definition) is 0. The van der Waals surface area contributed by atoms with Crippen molar-refractivity contribution in [2.75, 3.05) is 0 Å². The summed E-state index contributed by atoms with van der Waals surface area (Å²) in [5.74, 6) is 1.94. The number of benzene rings is 3. The summed E-state index contributed by atoms with van der Waals surface area (Å²) in [6.45, 7) is 20.8. The van der Waals surface area contributed by atoms with Crippen LogP contribution in [0.4, 0.5) is 0 Å². The Hall–Kier alpha value is -1.61. The Morgan fingerprint density at radius 2 is 0.812 bits per heavy atom. The average Bonchev–Trinajstić information content (AvgIpc) is 2.73. The molecule has 3 aromatic carbocycles. The highest BCUT2D eigenvalue weighted by Gasteiger charge is 2.23. The van der Waals surface area contributed by atoms with E-state index in [0.29, 0.717) is 23.7 Å². The van der Waals surface area contributed by atoms with Crippen molar-refractivity contribution < 1.29 is 0 Å². The van der Waals surface area contributed by atoms with Gasteiger partial charge in [-0.3, -0.25) is 0 Å². The van der Waals surface area contributed by atoms with Crippen LogP contribution in [-0.4, -0.2) is 0 Å². The summed E-state index contributed by atoms with van der Waals surface area (Å²) in [6.07, 6.45) is 0. The van der Waals surface area contributed by atoms with Crippen LogP contribution in [0.25, 0.3) is 22.3 Å². The van der Waals surface area contributed by atoms with E-state index in [1.165, 1.54) is 53.6 Å². The Morgan fingerprint density at radius 3 is 1.06 bits per heavy atom. The molecule has 1 heteroatoms. The molecule has 0 nitrogen and oxygen atoms in total. The van der Waals surface area contributed by atoms with E-state index in [-0.39, 0.29) is 0 Å². The molecule has 170 valence electrons. The van der Waals surface area contributed by atoms with Gasteiger partial charge >= 0.3 is 0 Å². The molecule has 0 spiro atoms. The molecule has 3 aromatic rings. The van der Waals surface area contributed by atoms with E-state index in [1.807, 2.05) is 0 Å². The van der Waals surface area contributed by atoms with Crippen LogP contribution in [0, 0.1) is 10.5 Å². The number of rotatable bonds is 6. The first-order valence-electron chi connectivity index (χ1n) is 12.1. The van der Waals surface area contributed by atoms with E-state index in [2.05, 4.69) is 133 Å². The van der Waals surface area contributed by atoms with E-state index in [4.69, 9.17) is 0 Å². The van der Waals surface area contributed by atoms with Crippen molar-refractivity contribution in [2.45, 2.75) is 86.0 Å². The average molecular weight is 539 g/mol. The topological polar surface area (TPSA) is 0 Å². The van der Waals surface area contributed by atoms with Crippen molar-refractivity contribution in [2.24, 2.45) is 0 Å². The van der Waals surface area contributed by atoms with Gasteiger partial charge in [-0.05, 0) is 103 Å². The molecular formula is C31H39I. The van der Waals surface area contributed by atoms with Gasteiger partial charge in [-0.25, -0.2) is 0 Å². The molecule has 0 aromatic heterocycles. The zero-order chi connectivity index (χ0) is 23.7. The first-order valence-corrected chi connectivity index (χ1v) is 13.2. The van der Waals surface area contributed by atoms with E-state index < -0.39 is 0 Å². The second kappa shape index (κ2) is 10.1. The minimum atomic E-state index is 0.484. The van der Waals surface area contributed by atoms with Crippen LogP contribution in [0.15, 0.2) is 48.5 Å². The summed E-state index contributed by atoms with van der Waals surface area (Å²) in [7, 11) is 0. The summed E-state index contributed by atoms with van der Waals surface area (Å²) in [5, 5.41) is 0. The summed E-state index contributed by atoms with van der Waals surface area (Å²) < 4.78 is 1.37. The third-order valence-corrected chi connectivity index (χ3v) is 7.66. The first kappa shape index (κ1) is 25.0. The van der Waals surface area contributed by atoms with Crippen molar-refractivity contribution >= 4 is 22.6 Å². The lowest BCUT2D eigenvalue weighted by molar-refractivity contribution is 0.836. The van der Waals surface area contributed by atoms with Gasteiger partial charge in [-0.1, -0.05) is 104 Å². The Kier molecular flexibility index (Phi) is 7.91. The molecule has 0 amide bonds. The Bertz CT molecular complexity index is 962. The highest BCUT2D eigenvalue weighted by atomic mass is 127. The molecule has 0 radical (unpaired) electrons. The van der Waals surface area contributed by atoms with Gasteiger partial charge in [0.2, 0.25) is 0 Å². The van der Waals surface area contributed by atoms with Crippen molar-refractivity contribution in [1.82, 2.24) is 0 Å². The fraction of sp³-hybridized carbons (Fsp3) is 0.419. The van der Waals surface area contributed by atoms with E-state index in [1.54, 1.807) is 0 Å². The molecule has 0 aliphatic heterocycles. The van der Waals surface area contributed by atoms with E-state index in [0.717, 1.165) is 0 Å². The Balaban J connectivity index is 2.44. The predicted octanol–water partition coefficient (Wildman–Crippen LogP) is 10.4. The molecule has 0 aliphatic carbocycles. The van der Waals surface area contributed by atoms with Crippen LogP contribution in [0.1, 0.15) is 107 Å². The lowest BCUT2D eigenvalue weighted by Gasteiger charge is -2.25. The molecule has 0 bridgehead atoms. The van der Waals surface area contributed by atoms with Gasteiger partial charge < -0.3 is 0 Å². The van der Waals surface area contributed by atoms with Crippen LogP contribution in [0.2, 0.25) is 0 Å². The summed E-state index contributed by atoms with van der Waals surface area (Å²) in [4.78, 5) is 0. The molecule has 0 aliphatic rings. The molecule has 0 fully saturated rings. The van der Waals surface area contributed by atoms with Crippen LogP contribution in [-0.2, 0) is 0 Å². The lowest BCUT2D eigenvalue weighted by Crippen LogP contribution is -2.04. The first-order chi connectivity index (χ1) is 15.0. The maximum atomic E-state index is 2.62.